The lowest BCUT2D eigenvalue weighted by atomic mass is 10.1. The summed E-state index contributed by atoms with van der Waals surface area (Å²) in [6.45, 7) is 2.24. The normalized spacial score (nSPS) is 11.0. The average molecular weight is 221 g/mol. The molecule has 0 radical (unpaired) electrons. The van der Waals surface area contributed by atoms with Crippen molar-refractivity contribution in [2.24, 2.45) is 0 Å². The van der Waals surface area contributed by atoms with E-state index in [1.165, 1.54) is 16.5 Å². The smallest absolute Gasteiger partial charge is 0.0844 e. The van der Waals surface area contributed by atoms with E-state index in [1.807, 2.05) is 0 Å². The number of aromatic nitrogens is 1. The minimum atomic E-state index is 0.952. The van der Waals surface area contributed by atoms with E-state index in [4.69, 9.17) is 0 Å². The Morgan fingerprint density at radius 1 is 1.20 bits per heavy atom. The van der Waals surface area contributed by atoms with Crippen molar-refractivity contribution in [3.63, 3.8) is 0 Å². The van der Waals surface area contributed by atoms with Crippen LogP contribution in [0.25, 0.3) is 10.9 Å². The lowest BCUT2D eigenvalue weighted by Gasteiger charge is -1.99. The van der Waals surface area contributed by atoms with Crippen molar-refractivity contribution >= 4 is 23.5 Å². The molecule has 0 aliphatic rings. The molecule has 0 amide bonds. The fraction of sp³-hybridized carbons (Fsp3) is 0.333. The molecule has 3 N–H and O–H groups in total. The predicted molar refractivity (Wildman–Crippen MR) is 67.5 cm³/mol. The minimum Gasteiger partial charge on any atom is -0.361 e. The van der Waals surface area contributed by atoms with Gasteiger partial charge in [-0.2, -0.15) is 12.6 Å². The number of nitrogens with two attached hydrogens (primary N) is 1. The Kier molecular flexibility index (Phi) is 3.69. The molecule has 2 aromatic rings. The highest BCUT2D eigenvalue weighted by atomic mass is 32.1. The van der Waals surface area contributed by atoms with Gasteiger partial charge in [0.1, 0.15) is 0 Å². The van der Waals surface area contributed by atoms with Gasteiger partial charge in [-0.25, -0.2) is 0 Å². The predicted octanol–water partition coefficient (Wildman–Crippen LogP) is 1.20. The van der Waals surface area contributed by atoms with E-state index in [0.29, 0.717) is 0 Å². The maximum atomic E-state index is 4.19. The Labute approximate surface area is 95.5 Å². The molecule has 0 atom stereocenters. The largest absolute Gasteiger partial charge is 0.361 e. The number of fused-ring (bicyclic) bond motifs is 1. The van der Waals surface area contributed by atoms with Crippen LogP contribution >= 0.6 is 12.6 Å². The first-order valence-corrected chi connectivity index (χ1v) is 6.02. The molecule has 2 nitrogen and oxygen atoms in total. The van der Waals surface area contributed by atoms with Crippen LogP contribution in [0.5, 0.6) is 0 Å². The van der Waals surface area contributed by atoms with Gasteiger partial charge in [-0.15, -0.1) is 0 Å². The molecule has 0 spiro atoms. The lowest BCUT2D eigenvalue weighted by molar-refractivity contribution is -0.650. The third-order valence-corrected chi connectivity index (χ3v) is 2.88. The zero-order valence-corrected chi connectivity index (χ0v) is 9.63. The molecule has 0 saturated heterocycles. The molecule has 1 aromatic carbocycles. The summed E-state index contributed by atoms with van der Waals surface area (Å²) in [6, 6.07) is 8.46. The van der Waals surface area contributed by atoms with E-state index in [1.54, 1.807) is 0 Å². The van der Waals surface area contributed by atoms with Crippen molar-refractivity contribution in [3.8, 4) is 0 Å². The van der Waals surface area contributed by atoms with Crippen LogP contribution in [-0.2, 0) is 6.42 Å². The highest BCUT2D eigenvalue weighted by molar-refractivity contribution is 7.80. The van der Waals surface area contributed by atoms with Crippen molar-refractivity contribution in [2.45, 2.75) is 6.42 Å². The maximum absolute atomic E-state index is 4.19. The second-order valence-electron chi connectivity index (χ2n) is 3.70. The van der Waals surface area contributed by atoms with Crippen LogP contribution < -0.4 is 5.32 Å². The second-order valence-corrected chi connectivity index (χ2v) is 4.15. The molecule has 1 heterocycles. The van der Waals surface area contributed by atoms with Gasteiger partial charge in [-0.3, -0.25) is 0 Å². The molecule has 80 valence electrons. The van der Waals surface area contributed by atoms with Gasteiger partial charge in [-0.05, 0) is 11.6 Å². The average Bonchev–Trinajstić information content (AvgIpc) is 2.68. The van der Waals surface area contributed by atoms with E-state index in [9.17, 15) is 0 Å². The van der Waals surface area contributed by atoms with Crippen LogP contribution in [0.3, 0.4) is 0 Å². The van der Waals surface area contributed by atoms with Gasteiger partial charge < -0.3 is 10.3 Å². The van der Waals surface area contributed by atoms with E-state index in [0.717, 1.165) is 25.3 Å². The lowest BCUT2D eigenvalue weighted by Crippen LogP contribution is -2.85. The van der Waals surface area contributed by atoms with E-state index < -0.39 is 0 Å². The van der Waals surface area contributed by atoms with Gasteiger partial charge in [0.05, 0.1) is 13.1 Å². The quantitative estimate of drug-likeness (QED) is 0.501. The first kappa shape index (κ1) is 10.6. The maximum Gasteiger partial charge on any atom is 0.0844 e. The molecule has 0 aliphatic carbocycles. The van der Waals surface area contributed by atoms with Crippen molar-refractivity contribution in [3.05, 3.63) is 36.0 Å². The van der Waals surface area contributed by atoms with Gasteiger partial charge in [0.25, 0.3) is 0 Å². The molecule has 0 fully saturated rings. The molecule has 0 bridgehead atoms. The summed E-state index contributed by atoms with van der Waals surface area (Å²) in [4.78, 5) is 3.30. The highest BCUT2D eigenvalue weighted by Gasteiger charge is 2.02. The van der Waals surface area contributed by atoms with Crippen molar-refractivity contribution in [2.75, 3.05) is 18.8 Å². The summed E-state index contributed by atoms with van der Waals surface area (Å²) >= 11 is 4.19. The Morgan fingerprint density at radius 2 is 2.07 bits per heavy atom. The van der Waals surface area contributed by atoms with E-state index in [-0.39, 0.29) is 0 Å². The number of H-pyrrole nitrogens is 1. The van der Waals surface area contributed by atoms with Gasteiger partial charge in [0, 0.05) is 29.3 Å². The summed E-state index contributed by atoms with van der Waals surface area (Å²) in [5.74, 6) is 0.952. The minimum absolute atomic E-state index is 0.952. The Balaban J connectivity index is 2.02. The number of quaternary nitrogens is 1. The molecular formula is C12H17N2S+. The fourth-order valence-electron chi connectivity index (χ4n) is 1.83. The molecule has 3 heteroatoms. The van der Waals surface area contributed by atoms with E-state index >= 15 is 0 Å². The summed E-state index contributed by atoms with van der Waals surface area (Å²) in [5.41, 5.74) is 2.66. The number of hydrogen-bond donors (Lipinski definition) is 3. The third kappa shape index (κ3) is 2.55. The summed E-state index contributed by atoms with van der Waals surface area (Å²) in [7, 11) is 0. The molecule has 2 rings (SSSR count). The zero-order chi connectivity index (χ0) is 10.5. The topological polar surface area (TPSA) is 32.4 Å². The second kappa shape index (κ2) is 5.24. The SMILES string of the molecule is SCC[NH2+]CCc1c[nH]c2ccccc12. The number of nitrogens with one attached hydrogen (secondary N) is 1. The van der Waals surface area contributed by atoms with Gasteiger partial charge >= 0.3 is 0 Å². The molecule has 15 heavy (non-hydrogen) atoms. The van der Waals surface area contributed by atoms with Crippen molar-refractivity contribution in [1.82, 2.24) is 4.98 Å². The summed E-state index contributed by atoms with van der Waals surface area (Å²) in [5, 5.41) is 3.67. The molecule has 0 aliphatic heterocycles. The molecule has 1 aromatic heterocycles. The van der Waals surface area contributed by atoms with Gasteiger partial charge in [-0.1, -0.05) is 18.2 Å². The number of para-hydroxylation sites is 1. The molecule has 0 unspecified atom stereocenters. The Hall–Kier alpha value is -0.930. The first-order chi connectivity index (χ1) is 7.42. The van der Waals surface area contributed by atoms with Gasteiger partial charge in [0.15, 0.2) is 0 Å². The summed E-state index contributed by atoms with van der Waals surface area (Å²) in [6.07, 6.45) is 3.25. The summed E-state index contributed by atoms with van der Waals surface area (Å²) < 4.78 is 0. The van der Waals surface area contributed by atoms with E-state index in [2.05, 4.69) is 53.4 Å². The number of rotatable bonds is 5. The van der Waals surface area contributed by atoms with Crippen LogP contribution in [0.15, 0.2) is 30.5 Å². The van der Waals surface area contributed by atoms with Crippen LogP contribution in [0.1, 0.15) is 5.56 Å². The number of hydrogen-bond acceptors (Lipinski definition) is 1. The zero-order valence-electron chi connectivity index (χ0n) is 8.74. The highest BCUT2D eigenvalue weighted by Crippen LogP contribution is 2.17. The third-order valence-electron chi connectivity index (χ3n) is 2.63. The van der Waals surface area contributed by atoms with Gasteiger partial charge in [0.2, 0.25) is 0 Å². The van der Waals surface area contributed by atoms with Crippen LogP contribution in [0.2, 0.25) is 0 Å². The monoisotopic (exact) mass is 221 g/mol. The van der Waals surface area contributed by atoms with Crippen LogP contribution in [0, 0.1) is 0 Å². The molecule has 0 saturated carbocycles. The van der Waals surface area contributed by atoms with Crippen LogP contribution in [0.4, 0.5) is 0 Å². The molecular weight excluding hydrogens is 204 g/mol. The number of benzene rings is 1. The first-order valence-electron chi connectivity index (χ1n) is 5.39. The fourth-order valence-corrected chi connectivity index (χ4v) is 2.01. The van der Waals surface area contributed by atoms with Crippen LogP contribution in [-0.4, -0.2) is 23.8 Å². The van der Waals surface area contributed by atoms with Crippen molar-refractivity contribution in [1.29, 1.82) is 0 Å². The number of aromatic amines is 1. The van der Waals surface area contributed by atoms with Crippen molar-refractivity contribution < 1.29 is 5.32 Å². The Bertz CT molecular complexity index is 422. The number of thiol groups is 1. The standard InChI is InChI=1S/C12H16N2S/c15-8-7-13-6-5-10-9-14-12-4-2-1-3-11(10)12/h1-4,9,13-15H,5-8H2/p+1. The Morgan fingerprint density at radius 3 is 2.93 bits per heavy atom.